The summed E-state index contributed by atoms with van der Waals surface area (Å²) in [5.41, 5.74) is 0.583. The van der Waals surface area contributed by atoms with E-state index in [-0.39, 0.29) is 6.01 Å². The van der Waals surface area contributed by atoms with Crippen molar-refractivity contribution in [3.8, 4) is 17.5 Å². The maximum atomic E-state index is 10.3. The topological polar surface area (TPSA) is 103 Å². The number of carboxylic acids is 1. The second kappa shape index (κ2) is 4.56. The second-order valence-corrected chi connectivity index (χ2v) is 3.12. The van der Waals surface area contributed by atoms with Crippen LogP contribution in [0.2, 0.25) is 0 Å². The number of aromatic nitrogens is 5. The van der Waals surface area contributed by atoms with E-state index in [1.54, 1.807) is 19.3 Å². The normalized spacial score (nSPS) is 10.2. The summed E-state index contributed by atoms with van der Waals surface area (Å²) >= 11 is 0. The lowest BCUT2D eigenvalue weighted by atomic mass is 10.4. The Kier molecular flexibility index (Phi) is 2.95. The van der Waals surface area contributed by atoms with Crippen LogP contribution in [0.15, 0.2) is 18.6 Å². The molecular formula is C9H9N5O3. The fourth-order valence-electron chi connectivity index (χ4n) is 1.19. The van der Waals surface area contributed by atoms with Gasteiger partial charge >= 0.3 is 12.0 Å². The fraction of sp³-hybridized carbons (Fsp3) is 0.222. The molecule has 2 aromatic heterocycles. The Labute approximate surface area is 95.9 Å². The van der Waals surface area contributed by atoms with Crippen LogP contribution >= 0.6 is 0 Å². The first kappa shape index (κ1) is 11.0. The number of ether oxygens (including phenoxy) is 1. The van der Waals surface area contributed by atoms with Crippen molar-refractivity contribution in [1.29, 1.82) is 0 Å². The van der Waals surface area contributed by atoms with Crippen LogP contribution in [0.4, 0.5) is 0 Å². The Bertz CT molecular complexity index is 525. The summed E-state index contributed by atoms with van der Waals surface area (Å²) in [7, 11) is 1.66. The number of hydrogen-bond donors (Lipinski definition) is 1. The Balaban J connectivity index is 2.22. The summed E-state index contributed by atoms with van der Waals surface area (Å²) < 4.78 is 6.32. The van der Waals surface area contributed by atoms with Crippen LogP contribution in [0.3, 0.4) is 0 Å². The zero-order valence-corrected chi connectivity index (χ0v) is 8.94. The first-order valence-electron chi connectivity index (χ1n) is 4.69. The van der Waals surface area contributed by atoms with Crippen molar-refractivity contribution in [3.63, 3.8) is 0 Å². The van der Waals surface area contributed by atoms with Gasteiger partial charge < -0.3 is 9.84 Å². The summed E-state index contributed by atoms with van der Waals surface area (Å²) in [6, 6.07) is 1.67. The maximum absolute atomic E-state index is 10.3. The number of aliphatic carboxylic acids is 1. The van der Waals surface area contributed by atoms with Gasteiger partial charge in [-0.3, -0.25) is 0 Å². The van der Waals surface area contributed by atoms with Gasteiger partial charge in [-0.05, 0) is 6.07 Å². The van der Waals surface area contributed by atoms with Crippen molar-refractivity contribution in [2.75, 3.05) is 6.61 Å². The van der Waals surface area contributed by atoms with Gasteiger partial charge in [-0.1, -0.05) is 0 Å². The summed E-state index contributed by atoms with van der Waals surface area (Å²) in [5, 5.41) is 12.4. The highest BCUT2D eigenvalue weighted by molar-refractivity contribution is 5.68. The van der Waals surface area contributed by atoms with Crippen LogP contribution in [0.25, 0.3) is 11.5 Å². The molecule has 0 saturated carbocycles. The molecule has 8 nitrogen and oxygen atoms in total. The molecule has 0 radical (unpaired) electrons. The molecule has 0 spiro atoms. The average molecular weight is 235 g/mol. The number of carboxylic acid groups (broad SMARTS) is 1. The molecule has 0 aliphatic rings. The highest BCUT2D eigenvalue weighted by Gasteiger charge is 2.12. The summed E-state index contributed by atoms with van der Waals surface area (Å²) in [6.45, 7) is -0.479. The van der Waals surface area contributed by atoms with Gasteiger partial charge in [-0.25, -0.2) is 19.4 Å². The highest BCUT2D eigenvalue weighted by Crippen LogP contribution is 2.15. The molecule has 2 rings (SSSR count). The van der Waals surface area contributed by atoms with Crippen molar-refractivity contribution < 1.29 is 14.6 Å². The van der Waals surface area contributed by atoms with Crippen LogP contribution in [0, 0.1) is 0 Å². The van der Waals surface area contributed by atoms with Crippen LogP contribution in [0.1, 0.15) is 0 Å². The van der Waals surface area contributed by atoms with E-state index in [0.717, 1.165) is 0 Å². The SMILES string of the molecule is Cn1nc(OCC(=O)O)nc1-c1ccncn1. The monoisotopic (exact) mass is 235 g/mol. The average Bonchev–Trinajstić information content (AvgIpc) is 2.69. The van der Waals surface area contributed by atoms with Gasteiger partial charge in [0.05, 0.1) is 0 Å². The third-order valence-electron chi connectivity index (χ3n) is 1.88. The van der Waals surface area contributed by atoms with Crippen molar-refractivity contribution in [2.24, 2.45) is 7.05 Å². The molecule has 0 saturated heterocycles. The molecule has 8 heteroatoms. The van der Waals surface area contributed by atoms with E-state index in [9.17, 15) is 4.79 Å². The first-order chi connectivity index (χ1) is 8.16. The van der Waals surface area contributed by atoms with Crippen molar-refractivity contribution in [2.45, 2.75) is 0 Å². The number of carbonyl (C=O) groups is 1. The third-order valence-corrected chi connectivity index (χ3v) is 1.88. The van der Waals surface area contributed by atoms with E-state index in [1.807, 2.05) is 0 Å². The molecular weight excluding hydrogens is 226 g/mol. The Morgan fingerprint density at radius 1 is 1.59 bits per heavy atom. The zero-order chi connectivity index (χ0) is 12.3. The van der Waals surface area contributed by atoms with Crippen LogP contribution < -0.4 is 4.74 Å². The minimum absolute atomic E-state index is 0.00325. The Hall–Kier alpha value is -2.51. The van der Waals surface area contributed by atoms with Gasteiger partial charge in [0.15, 0.2) is 12.4 Å². The Morgan fingerprint density at radius 2 is 2.41 bits per heavy atom. The number of aryl methyl sites for hydroxylation is 1. The molecule has 0 fully saturated rings. The quantitative estimate of drug-likeness (QED) is 0.778. The molecule has 0 unspecified atom stereocenters. The maximum Gasteiger partial charge on any atom is 0.341 e. The molecule has 0 aliphatic carbocycles. The van der Waals surface area contributed by atoms with E-state index in [4.69, 9.17) is 9.84 Å². The van der Waals surface area contributed by atoms with Gasteiger partial charge in [-0.2, -0.15) is 4.98 Å². The largest absolute Gasteiger partial charge is 0.479 e. The lowest BCUT2D eigenvalue weighted by Gasteiger charge is -1.95. The third kappa shape index (κ3) is 2.54. The van der Waals surface area contributed by atoms with Crippen LogP contribution in [-0.2, 0) is 11.8 Å². The molecule has 2 heterocycles. The zero-order valence-electron chi connectivity index (χ0n) is 8.94. The van der Waals surface area contributed by atoms with E-state index >= 15 is 0 Å². The number of hydrogen-bond acceptors (Lipinski definition) is 6. The van der Waals surface area contributed by atoms with Crippen LogP contribution in [-0.4, -0.2) is 42.4 Å². The van der Waals surface area contributed by atoms with Gasteiger partial charge in [-0.15, -0.1) is 5.10 Å². The Morgan fingerprint density at radius 3 is 3.06 bits per heavy atom. The lowest BCUT2D eigenvalue weighted by Crippen LogP contribution is -2.10. The van der Waals surface area contributed by atoms with Gasteiger partial charge in [0.25, 0.3) is 0 Å². The molecule has 0 aliphatic heterocycles. The predicted octanol–water partition coefficient (Wildman–Crippen LogP) is -0.265. The molecule has 2 aromatic rings. The van der Waals surface area contributed by atoms with Gasteiger partial charge in [0.2, 0.25) is 0 Å². The lowest BCUT2D eigenvalue weighted by molar-refractivity contribution is -0.139. The second-order valence-electron chi connectivity index (χ2n) is 3.12. The molecule has 0 bridgehead atoms. The molecule has 0 amide bonds. The fourth-order valence-corrected chi connectivity index (χ4v) is 1.19. The van der Waals surface area contributed by atoms with Crippen molar-refractivity contribution >= 4 is 5.97 Å². The van der Waals surface area contributed by atoms with E-state index in [2.05, 4.69) is 20.1 Å². The van der Waals surface area contributed by atoms with Crippen molar-refractivity contribution in [1.82, 2.24) is 24.7 Å². The smallest absolute Gasteiger partial charge is 0.341 e. The minimum Gasteiger partial charge on any atom is -0.479 e. The van der Waals surface area contributed by atoms with E-state index in [0.29, 0.717) is 11.5 Å². The standard InChI is InChI=1S/C9H9N5O3/c1-14-8(6-2-3-10-5-11-6)12-9(13-14)17-4-7(15)16/h2-3,5H,4H2,1H3,(H,15,16). The summed E-state index contributed by atoms with van der Waals surface area (Å²) in [4.78, 5) is 22.2. The van der Waals surface area contributed by atoms with Gasteiger partial charge in [0.1, 0.15) is 12.0 Å². The summed E-state index contributed by atoms with van der Waals surface area (Å²) in [5.74, 6) is -0.603. The summed E-state index contributed by atoms with van der Waals surface area (Å²) in [6.07, 6.45) is 2.97. The minimum atomic E-state index is -1.08. The number of rotatable bonds is 4. The predicted molar refractivity (Wildman–Crippen MR) is 55.2 cm³/mol. The van der Waals surface area contributed by atoms with E-state index < -0.39 is 12.6 Å². The molecule has 88 valence electrons. The molecule has 1 N–H and O–H groups in total. The van der Waals surface area contributed by atoms with Crippen LogP contribution in [0.5, 0.6) is 6.01 Å². The number of nitrogens with zero attached hydrogens (tertiary/aromatic N) is 5. The molecule has 17 heavy (non-hydrogen) atoms. The van der Waals surface area contributed by atoms with Crippen molar-refractivity contribution in [3.05, 3.63) is 18.6 Å². The molecule has 0 atom stereocenters. The van der Waals surface area contributed by atoms with E-state index in [1.165, 1.54) is 11.0 Å². The molecule has 0 aromatic carbocycles. The van der Waals surface area contributed by atoms with Gasteiger partial charge in [0, 0.05) is 13.2 Å². The first-order valence-corrected chi connectivity index (χ1v) is 4.69. The highest BCUT2D eigenvalue weighted by atomic mass is 16.5.